The number of aliphatic hydroxyl groups excluding tert-OH is 1. The molecule has 0 fully saturated rings. The lowest BCUT2D eigenvalue weighted by Gasteiger charge is -2.12. The normalized spacial score (nSPS) is 12.1. The number of carboxylic acid groups (broad SMARTS) is 1. The Labute approximate surface area is 188 Å². The first kappa shape index (κ1) is 21.3. The summed E-state index contributed by atoms with van der Waals surface area (Å²) in [5.41, 5.74) is 3.66. The maximum Gasteiger partial charge on any atom is 0.323 e. The third-order valence-corrected chi connectivity index (χ3v) is 6.12. The van der Waals surface area contributed by atoms with Gasteiger partial charge in [0, 0.05) is 17.5 Å². The third-order valence-electron chi connectivity index (χ3n) is 4.91. The summed E-state index contributed by atoms with van der Waals surface area (Å²) in [5, 5.41) is 25.9. The number of anilines is 2. The molecule has 0 spiro atoms. The highest BCUT2D eigenvalue weighted by Gasteiger charge is 2.16. The van der Waals surface area contributed by atoms with Crippen LogP contribution in [0.3, 0.4) is 0 Å². The van der Waals surface area contributed by atoms with E-state index in [9.17, 15) is 4.79 Å². The third kappa shape index (κ3) is 4.70. The Hall–Kier alpha value is -2.97. The summed E-state index contributed by atoms with van der Waals surface area (Å²) in [5.74, 6) is -0.368. The number of carbonyl (C=O) groups is 1. The summed E-state index contributed by atoms with van der Waals surface area (Å²) in [7, 11) is 0. The second kappa shape index (κ2) is 9.45. The number of nitrogens with one attached hydrogen (secondary N) is 2. The first-order valence-electron chi connectivity index (χ1n) is 9.63. The first-order chi connectivity index (χ1) is 15.1. The van der Waals surface area contributed by atoms with E-state index < -0.39 is 18.6 Å². The number of rotatable bonds is 8. The van der Waals surface area contributed by atoms with Crippen molar-refractivity contribution in [2.45, 2.75) is 12.6 Å². The molecule has 31 heavy (non-hydrogen) atoms. The van der Waals surface area contributed by atoms with Gasteiger partial charge in [0.1, 0.15) is 6.04 Å². The summed E-state index contributed by atoms with van der Waals surface area (Å²) < 4.78 is 5.50. The van der Waals surface area contributed by atoms with Crippen LogP contribution in [0.1, 0.15) is 5.56 Å². The molecule has 4 aromatic rings. The smallest absolute Gasteiger partial charge is 0.323 e. The van der Waals surface area contributed by atoms with Gasteiger partial charge in [0.2, 0.25) is 0 Å². The van der Waals surface area contributed by atoms with Crippen molar-refractivity contribution in [2.75, 3.05) is 11.9 Å². The molecule has 1 atom stereocenters. The van der Waals surface area contributed by atoms with Crippen LogP contribution in [0.5, 0.6) is 0 Å². The summed E-state index contributed by atoms with van der Waals surface area (Å²) in [6.07, 6.45) is 0. The minimum absolute atomic E-state index is 0.332. The standard InChI is InChI=1S/C23H20ClN3O3S/c24-21-16(15-5-2-1-3-6-15)7-4-8-18(21)26-22-17-10-9-14(11-20(17)31-27-22)12-25-19(13-28)23(29)30/h1-11,19,25,28H,12-13H2,(H,26,27)(H,29,30)/t19-/m0/s1. The Morgan fingerprint density at radius 3 is 2.65 bits per heavy atom. The van der Waals surface area contributed by atoms with E-state index in [1.54, 1.807) is 0 Å². The lowest BCUT2D eigenvalue weighted by molar-refractivity contribution is -0.140. The number of aliphatic hydroxyl groups is 1. The zero-order valence-electron chi connectivity index (χ0n) is 16.4. The zero-order chi connectivity index (χ0) is 21.8. The van der Waals surface area contributed by atoms with Gasteiger partial charge in [0.05, 0.1) is 22.0 Å². The molecule has 1 aromatic heterocycles. The fraction of sp³-hybridized carbons (Fsp3) is 0.130. The van der Waals surface area contributed by atoms with Gasteiger partial charge in [-0.2, -0.15) is 4.37 Å². The van der Waals surface area contributed by atoms with E-state index in [1.165, 1.54) is 11.5 Å². The summed E-state index contributed by atoms with van der Waals surface area (Å²) in [6.45, 7) is -0.131. The molecule has 0 unspecified atom stereocenters. The molecule has 1 heterocycles. The minimum atomic E-state index is -1.08. The van der Waals surface area contributed by atoms with E-state index in [4.69, 9.17) is 21.8 Å². The molecular formula is C23H20ClN3O3S. The van der Waals surface area contributed by atoms with Gasteiger partial charge in [0.25, 0.3) is 0 Å². The highest BCUT2D eigenvalue weighted by atomic mass is 35.5. The van der Waals surface area contributed by atoms with E-state index >= 15 is 0 Å². The monoisotopic (exact) mass is 453 g/mol. The number of fused-ring (bicyclic) bond motifs is 1. The molecule has 8 heteroatoms. The highest BCUT2D eigenvalue weighted by Crippen LogP contribution is 2.37. The Balaban J connectivity index is 1.56. The number of hydrogen-bond donors (Lipinski definition) is 4. The highest BCUT2D eigenvalue weighted by molar-refractivity contribution is 7.13. The maximum atomic E-state index is 11.0. The number of halogens is 1. The van der Waals surface area contributed by atoms with Crippen molar-refractivity contribution in [1.29, 1.82) is 0 Å². The topological polar surface area (TPSA) is 94.5 Å². The number of aromatic nitrogens is 1. The van der Waals surface area contributed by atoms with Crippen LogP contribution < -0.4 is 10.6 Å². The van der Waals surface area contributed by atoms with Crippen molar-refractivity contribution in [3.05, 3.63) is 77.3 Å². The second-order valence-corrected chi connectivity index (χ2v) is 8.16. The lowest BCUT2D eigenvalue weighted by Crippen LogP contribution is -2.39. The molecule has 158 valence electrons. The van der Waals surface area contributed by atoms with Crippen molar-refractivity contribution in [2.24, 2.45) is 0 Å². The van der Waals surface area contributed by atoms with E-state index in [0.29, 0.717) is 17.4 Å². The van der Waals surface area contributed by atoms with Crippen molar-refractivity contribution < 1.29 is 15.0 Å². The molecule has 4 rings (SSSR count). The average Bonchev–Trinajstić information content (AvgIpc) is 3.18. The predicted molar refractivity (Wildman–Crippen MR) is 125 cm³/mol. The van der Waals surface area contributed by atoms with Gasteiger partial charge in [-0.05, 0) is 40.9 Å². The molecule has 0 aliphatic rings. The van der Waals surface area contributed by atoms with Crippen LogP contribution in [-0.2, 0) is 11.3 Å². The lowest BCUT2D eigenvalue weighted by atomic mass is 10.0. The molecule has 6 nitrogen and oxygen atoms in total. The summed E-state index contributed by atoms with van der Waals surface area (Å²) in [6, 6.07) is 20.6. The number of hydrogen-bond acceptors (Lipinski definition) is 6. The predicted octanol–water partition coefficient (Wildman–Crippen LogP) is 4.90. The minimum Gasteiger partial charge on any atom is -0.480 e. The number of aliphatic carboxylic acids is 1. The van der Waals surface area contributed by atoms with Crippen LogP contribution in [0.4, 0.5) is 11.5 Å². The van der Waals surface area contributed by atoms with Crippen LogP contribution in [0, 0.1) is 0 Å². The van der Waals surface area contributed by atoms with E-state index in [2.05, 4.69) is 15.0 Å². The molecule has 3 aromatic carbocycles. The van der Waals surface area contributed by atoms with Crippen molar-refractivity contribution in [3.63, 3.8) is 0 Å². The van der Waals surface area contributed by atoms with Gasteiger partial charge in [0.15, 0.2) is 5.82 Å². The largest absolute Gasteiger partial charge is 0.480 e. The SMILES string of the molecule is O=C(O)[C@H](CO)NCc1ccc2c(Nc3cccc(-c4ccccc4)c3Cl)nsc2c1. The molecule has 0 amide bonds. The zero-order valence-corrected chi connectivity index (χ0v) is 18.0. The van der Waals surface area contributed by atoms with Crippen LogP contribution in [0.25, 0.3) is 21.2 Å². The Bertz CT molecular complexity index is 1210. The second-order valence-electron chi connectivity index (χ2n) is 6.97. The van der Waals surface area contributed by atoms with Gasteiger partial charge in [-0.15, -0.1) is 0 Å². The molecule has 0 saturated carbocycles. The first-order valence-corrected chi connectivity index (χ1v) is 10.8. The van der Waals surface area contributed by atoms with Gasteiger partial charge in [-0.3, -0.25) is 10.1 Å². The Morgan fingerprint density at radius 2 is 1.90 bits per heavy atom. The molecule has 0 bridgehead atoms. The fourth-order valence-electron chi connectivity index (χ4n) is 3.25. The summed E-state index contributed by atoms with van der Waals surface area (Å²) >= 11 is 8.03. The van der Waals surface area contributed by atoms with Crippen molar-refractivity contribution >= 4 is 50.7 Å². The Kier molecular flexibility index (Phi) is 6.48. The number of nitrogens with zero attached hydrogens (tertiary/aromatic N) is 1. The van der Waals surface area contributed by atoms with Crippen molar-refractivity contribution in [3.8, 4) is 11.1 Å². The maximum absolute atomic E-state index is 11.0. The van der Waals surface area contributed by atoms with Crippen LogP contribution in [-0.4, -0.2) is 33.2 Å². The molecule has 4 N–H and O–H groups in total. The molecule has 0 saturated heterocycles. The van der Waals surface area contributed by atoms with Gasteiger partial charge < -0.3 is 15.5 Å². The molecular weight excluding hydrogens is 434 g/mol. The number of benzene rings is 3. The molecule has 0 radical (unpaired) electrons. The fourth-order valence-corrected chi connectivity index (χ4v) is 4.33. The van der Waals surface area contributed by atoms with E-state index in [1.807, 2.05) is 66.7 Å². The quantitative estimate of drug-likeness (QED) is 0.303. The van der Waals surface area contributed by atoms with Crippen molar-refractivity contribution in [1.82, 2.24) is 9.69 Å². The van der Waals surface area contributed by atoms with E-state index in [-0.39, 0.29) is 0 Å². The average molecular weight is 454 g/mol. The van der Waals surface area contributed by atoms with Gasteiger partial charge in [-0.25, -0.2) is 0 Å². The van der Waals surface area contributed by atoms with Gasteiger partial charge in [-0.1, -0.05) is 60.1 Å². The van der Waals surface area contributed by atoms with Crippen LogP contribution in [0.2, 0.25) is 5.02 Å². The van der Waals surface area contributed by atoms with Crippen LogP contribution in [0.15, 0.2) is 66.7 Å². The molecule has 0 aliphatic carbocycles. The van der Waals surface area contributed by atoms with E-state index in [0.717, 1.165) is 32.5 Å². The number of carboxylic acids is 1. The summed E-state index contributed by atoms with van der Waals surface area (Å²) in [4.78, 5) is 11.0. The molecule has 0 aliphatic heterocycles. The van der Waals surface area contributed by atoms with Crippen LogP contribution >= 0.6 is 23.1 Å². The Morgan fingerprint density at radius 1 is 1.10 bits per heavy atom. The van der Waals surface area contributed by atoms with Gasteiger partial charge >= 0.3 is 5.97 Å².